The Balaban J connectivity index is 1.96. The first-order chi connectivity index (χ1) is 10.1. The van der Waals surface area contributed by atoms with E-state index in [2.05, 4.69) is 22.8 Å². The highest BCUT2D eigenvalue weighted by atomic mass is 32.1. The van der Waals surface area contributed by atoms with E-state index in [0.717, 1.165) is 25.0 Å². The summed E-state index contributed by atoms with van der Waals surface area (Å²) in [5, 5.41) is 18.3. The Morgan fingerprint density at radius 2 is 2.24 bits per heavy atom. The third-order valence-electron chi connectivity index (χ3n) is 3.41. The van der Waals surface area contributed by atoms with E-state index in [1.165, 1.54) is 12.5 Å². The van der Waals surface area contributed by atoms with Gasteiger partial charge in [0.05, 0.1) is 4.92 Å². The molecule has 1 saturated carbocycles. The fourth-order valence-corrected chi connectivity index (χ4v) is 2.54. The second-order valence-corrected chi connectivity index (χ2v) is 5.63. The fraction of sp³-hybridized carbons (Fsp3) is 0.429. The molecule has 112 valence electrons. The topological polar surface area (TPSA) is 79.6 Å². The number of nitro groups is 1. The van der Waals surface area contributed by atoms with Crippen molar-refractivity contribution in [3.05, 3.63) is 34.4 Å². The van der Waals surface area contributed by atoms with Crippen molar-refractivity contribution in [1.82, 2.24) is 5.43 Å². The number of hydrazone groups is 1. The standard InChI is InChI=1S/C14H18N4O2S/c1-10-5-4-6-11(9-10)16-17-14(21)15-12-7-2-3-8-13(12)18(19)20/h2-3,7-8,10H,4-6,9H2,1H3,(H2,15,17,21)/b16-11-/t10-/m1/s1. The highest BCUT2D eigenvalue weighted by molar-refractivity contribution is 7.80. The van der Waals surface area contributed by atoms with Crippen molar-refractivity contribution < 1.29 is 4.92 Å². The molecule has 0 aromatic heterocycles. The monoisotopic (exact) mass is 306 g/mol. The van der Waals surface area contributed by atoms with Gasteiger partial charge in [0.2, 0.25) is 0 Å². The summed E-state index contributed by atoms with van der Waals surface area (Å²) in [6.07, 6.45) is 4.33. The summed E-state index contributed by atoms with van der Waals surface area (Å²) >= 11 is 5.13. The number of hydrogen-bond donors (Lipinski definition) is 2. The van der Waals surface area contributed by atoms with Gasteiger partial charge in [-0.25, -0.2) is 0 Å². The van der Waals surface area contributed by atoms with Crippen molar-refractivity contribution in [2.75, 3.05) is 5.32 Å². The summed E-state index contributed by atoms with van der Waals surface area (Å²) in [5.41, 5.74) is 4.22. The molecule has 0 spiro atoms. The Bertz CT molecular complexity index is 574. The summed E-state index contributed by atoms with van der Waals surface area (Å²) in [5.74, 6) is 0.649. The minimum Gasteiger partial charge on any atom is -0.326 e. The molecule has 1 fully saturated rings. The summed E-state index contributed by atoms with van der Waals surface area (Å²) in [6.45, 7) is 2.21. The first-order valence-electron chi connectivity index (χ1n) is 6.92. The van der Waals surface area contributed by atoms with Gasteiger partial charge in [0.25, 0.3) is 5.69 Å². The lowest BCUT2D eigenvalue weighted by molar-refractivity contribution is -0.383. The van der Waals surface area contributed by atoms with Gasteiger partial charge in [0.1, 0.15) is 5.69 Å². The molecule has 2 N–H and O–H groups in total. The van der Waals surface area contributed by atoms with E-state index in [4.69, 9.17) is 12.2 Å². The van der Waals surface area contributed by atoms with Crippen molar-refractivity contribution in [3.8, 4) is 0 Å². The van der Waals surface area contributed by atoms with Gasteiger partial charge in [0.15, 0.2) is 5.11 Å². The number of nitro benzene ring substituents is 1. The molecule has 0 unspecified atom stereocenters. The van der Waals surface area contributed by atoms with Crippen molar-refractivity contribution in [2.45, 2.75) is 32.6 Å². The number of nitrogens with one attached hydrogen (secondary N) is 2. The lowest BCUT2D eigenvalue weighted by Gasteiger charge is -2.19. The summed E-state index contributed by atoms with van der Waals surface area (Å²) < 4.78 is 0. The van der Waals surface area contributed by atoms with E-state index in [-0.39, 0.29) is 10.8 Å². The van der Waals surface area contributed by atoms with Crippen molar-refractivity contribution in [3.63, 3.8) is 0 Å². The molecule has 1 aromatic carbocycles. The molecular formula is C14H18N4O2S. The van der Waals surface area contributed by atoms with Crippen LogP contribution in [0.4, 0.5) is 11.4 Å². The second kappa shape index (κ2) is 7.12. The quantitative estimate of drug-likeness (QED) is 0.508. The molecule has 7 heteroatoms. The number of anilines is 1. The van der Waals surface area contributed by atoms with Gasteiger partial charge < -0.3 is 5.32 Å². The average Bonchev–Trinajstić information content (AvgIpc) is 2.45. The van der Waals surface area contributed by atoms with Crippen LogP contribution in [0.1, 0.15) is 32.6 Å². The zero-order valence-corrected chi connectivity index (χ0v) is 12.7. The molecule has 1 aliphatic rings. The van der Waals surface area contributed by atoms with Crippen LogP contribution in [-0.2, 0) is 0 Å². The SMILES string of the molecule is C[C@@H]1CCC/C(=N/NC(=S)Nc2ccccc2[N+](=O)[O-])C1. The fourth-order valence-electron chi connectivity index (χ4n) is 2.38. The third-order valence-corrected chi connectivity index (χ3v) is 3.60. The van der Waals surface area contributed by atoms with Crippen molar-refractivity contribution in [1.29, 1.82) is 0 Å². The van der Waals surface area contributed by atoms with Gasteiger partial charge in [-0.1, -0.05) is 19.1 Å². The zero-order valence-electron chi connectivity index (χ0n) is 11.8. The minimum atomic E-state index is -0.445. The predicted octanol–water partition coefficient (Wildman–Crippen LogP) is 3.45. The van der Waals surface area contributed by atoms with Crippen LogP contribution < -0.4 is 10.7 Å². The third kappa shape index (κ3) is 4.49. The van der Waals surface area contributed by atoms with Crippen LogP contribution in [-0.4, -0.2) is 15.7 Å². The second-order valence-electron chi connectivity index (χ2n) is 5.22. The van der Waals surface area contributed by atoms with Crippen LogP contribution in [0.25, 0.3) is 0 Å². The van der Waals surface area contributed by atoms with Crippen LogP contribution in [0.5, 0.6) is 0 Å². The molecule has 0 bridgehead atoms. The first kappa shape index (κ1) is 15.4. The Labute approximate surface area is 128 Å². The van der Waals surface area contributed by atoms with Gasteiger partial charge in [-0.05, 0) is 49.9 Å². The van der Waals surface area contributed by atoms with Crippen LogP contribution in [0.3, 0.4) is 0 Å². The van der Waals surface area contributed by atoms with Crippen molar-refractivity contribution >= 4 is 34.4 Å². The van der Waals surface area contributed by atoms with E-state index >= 15 is 0 Å². The molecule has 21 heavy (non-hydrogen) atoms. The van der Waals surface area contributed by atoms with Gasteiger partial charge in [-0.3, -0.25) is 15.5 Å². The van der Waals surface area contributed by atoms with Gasteiger partial charge in [-0.2, -0.15) is 5.10 Å². The molecule has 1 atom stereocenters. The summed E-state index contributed by atoms with van der Waals surface area (Å²) in [7, 11) is 0. The Hall–Kier alpha value is -2.02. The first-order valence-corrected chi connectivity index (χ1v) is 7.33. The molecule has 0 heterocycles. The van der Waals surface area contributed by atoms with E-state index in [9.17, 15) is 10.1 Å². The number of thiocarbonyl (C=S) groups is 1. The molecule has 6 nitrogen and oxygen atoms in total. The largest absolute Gasteiger partial charge is 0.326 e. The smallest absolute Gasteiger partial charge is 0.292 e. The number of rotatable bonds is 3. The van der Waals surface area contributed by atoms with Crippen LogP contribution in [0.2, 0.25) is 0 Å². The molecule has 0 aliphatic heterocycles. The van der Waals surface area contributed by atoms with E-state index in [0.29, 0.717) is 11.6 Å². The zero-order chi connectivity index (χ0) is 15.2. The lowest BCUT2D eigenvalue weighted by Crippen LogP contribution is -2.26. The van der Waals surface area contributed by atoms with Crippen LogP contribution in [0.15, 0.2) is 29.4 Å². The molecule has 0 amide bonds. The molecule has 1 aromatic rings. The summed E-state index contributed by atoms with van der Waals surface area (Å²) in [4.78, 5) is 10.5. The molecule has 1 aliphatic carbocycles. The Morgan fingerprint density at radius 3 is 2.95 bits per heavy atom. The molecule has 2 rings (SSSR count). The molecule has 0 radical (unpaired) electrons. The van der Waals surface area contributed by atoms with Crippen LogP contribution in [0, 0.1) is 16.0 Å². The molecule has 0 saturated heterocycles. The van der Waals surface area contributed by atoms with Gasteiger partial charge in [0, 0.05) is 11.8 Å². The van der Waals surface area contributed by atoms with E-state index in [1.54, 1.807) is 18.2 Å². The van der Waals surface area contributed by atoms with Crippen LogP contribution >= 0.6 is 12.2 Å². The van der Waals surface area contributed by atoms with E-state index < -0.39 is 4.92 Å². The predicted molar refractivity (Wildman–Crippen MR) is 87.5 cm³/mol. The maximum atomic E-state index is 10.9. The normalized spacial score (nSPS) is 20.0. The Morgan fingerprint density at radius 1 is 1.48 bits per heavy atom. The molecular weight excluding hydrogens is 288 g/mol. The lowest BCUT2D eigenvalue weighted by atomic mass is 9.89. The number of nitrogens with zero attached hydrogens (tertiary/aromatic N) is 2. The number of hydrogen-bond acceptors (Lipinski definition) is 4. The Kier molecular flexibility index (Phi) is 5.21. The minimum absolute atomic E-state index is 0.0133. The highest BCUT2D eigenvalue weighted by Gasteiger charge is 2.15. The average molecular weight is 306 g/mol. The summed E-state index contributed by atoms with van der Waals surface area (Å²) in [6, 6.07) is 6.37. The van der Waals surface area contributed by atoms with Crippen molar-refractivity contribution in [2.24, 2.45) is 11.0 Å². The van der Waals surface area contributed by atoms with Gasteiger partial charge >= 0.3 is 0 Å². The maximum absolute atomic E-state index is 10.9. The number of para-hydroxylation sites is 2. The van der Waals surface area contributed by atoms with E-state index in [1.807, 2.05) is 0 Å². The highest BCUT2D eigenvalue weighted by Crippen LogP contribution is 2.23. The maximum Gasteiger partial charge on any atom is 0.292 e. The van der Waals surface area contributed by atoms with Gasteiger partial charge in [-0.15, -0.1) is 0 Å². The number of benzene rings is 1.